The predicted octanol–water partition coefficient (Wildman–Crippen LogP) is 4.26. The molecule has 0 spiro atoms. The number of aromatic nitrogens is 4. The molecule has 1 amide bonds. The largest absolute Gasteiger partial charge is 0.389 e. The van der Waals surface area contributed by atoms with Gasteiger partial charge in [-0.3, -0.25) is 14.3 Å². The maximum Gasteiger partial charge on any atom is 0.272 e. The number of carbonyl (C=O) groups is 1. The number of benzene rings is 2. The van der Waals surface area contributed by atoms with Gasteiger partial charge in [0.15, 0.2) is 5.69 Å². The van der Waals surface area contributed by atoms with E-state index in [9.17, 15) is 14.7 Å². The second-order valence-corrected chi connectivity index (χ2v) is 10.9. The van der Waals surface area contributed by atoms with Crippen LogP contribution in [0.4, 0.5) is 0 Å². The third kappa shape index (κ3) is 4.88. The topological polar surface area (TPSA) is 113 Å². The van der Waals surface area contributed by atoms with E-state index in [0.717, 1.165) is 52.1 Å². The van der Waals surface area contributed by atoms with Gasteiger partial charge in [0, 0.05) is 27.2 Å². The minimum Gasteiger partial charge on any atom is -0.389 e. The zero-order valence-electron chi connectivity index (χ0n) is 19.7. The molecule has 2 heterocycles. The molecule has 0 bridgehead atoms. The van der Waals surface area contributed by atoms with E-state index in [-0.39, 0.29) is 30.0 Å². The molecular weight excluding hydrogens is 510 g/mol. The SMILES string of the molecule is CC(C)(O)Cn1nc(C(=O)NC2CCC(c3n[nH]c(=O)c4ccccc34)CC2)c2ccc(Br)cc21. The average molecular weight is 538 g/mol. The Morgan fingerprint density at radius 2 is 1.86 bits per heavy atom. The van der Waals surface area contributed by atoms with Crippen molar-refractivity contribution in [2.45, 2.75) is 63.6 Å². The van der Waals surface area contributed by atoms with Gasteiger partial charge in [0.1, 0.15) is 0 Å². The quantitative estimate of drug-likeness (QED) is 0.352. The first-order valence-electron chi connectivity index (χ1n) is 11.9. The summed E-state index contributed by atoms with van der Waals surface area (Å²) < 4.78 is 2.58. The summed E-state index contributed by atoms with van der Waals surface area (Å²) in [5, 5.41) is 27.4. The van der Waals surface area contributed by atoms with Crippen molar-refractivity contribution in [2.75, 3.05) is 0 Å². The highest BCUT2D eigenvalue weighted by atomic mass is 79.9. The average Bonchev–Trinajstić information content (AvgIpc) is 3.16. The van der Waals surface area contributed by atoms with Crippen LogP contribution in [0.1, 0.15) is 61.6 Å². The summed E-state index contributed by atoms with van der Waals surface area (Å²) in [5.41, 5.74) is 0.951. The molecule has 0 radical (unpaired) electrons. The van der Waals surface area contributed by atoms with Gasteiger partial charge in [-0.2, -0.15) is 10.2 Å². The summed E-state index contributed by atoms with van der Waals surface area (Å²) in [6.07, 6.45) is 3.38. The van der Waals surface area contributed by atoms with Gasteiger partial charge in [-0.05, 0) is 63.8 Å². The molecule has 0 unspecified atom stereocenters. The van der Waals surface area contributed by atoms with Crippen molar-refractivity contribution < 1.29 is 9.90 Å². The first kappa shape index (κ1) is 23.7. The predicted molar refractivity (Wildman–Crippen MR) is 139 cm³/mol. The fourth-order valence-electron chi connectivity index (χ4n) is 5.01. The van der Waals surface area contributed by atoms with E-state index in [0.29, 0.717) is 11.1 Å². The van der Waals surface area contributed by atoms with Gasteiger partial charge in [0.25, 0.3) is 11.5 Å². The summed E-state index contributed by atoms with van der Waals surface area (Å²) in [6.45, 7) is 3.71. The Bertz CT molecular complexity index is 1460. The molecule has 2 aromatic carbocycles. The second-order valence-electron chi connectivity index (χ2n) is 9.99. The molecule has 182 valence electrons. The Balaban J connectivity index is 1.32. The number of rotatable bonds is 5. The Hall–Kier alpha value is -3.04. The summed E-state index contributed by atoms with van der Waals surface area (Å²) in [7, 11) is 0. The van der Waals surface area contributed by atoms with Crippen LogP contribution in [0.2, 0.25) is 0 Å². The van der Waals surface area contributed by atoms with Crippen molar-refractivity contribution in [3.63, 3.8) is 0 Å². The molecule has 8 nitrogen and oxygen atoms in total. The summed E-state index contributed by atoms with van der Waals surface area (Å²) >= 11 is 3.49. The van der Waals surface area contributed by atoms with Gasteiger partial charge in [-0.25, -0.2) is 5.10 Å². The lowest BCUT2D eigenvalue weighted by Crippen LogP contribution is -2.38. The lowest BCUT2D eigenvalue weighted by atomic mass is 9.82. The number of fused-ring (bicyclic) bond motifs is 2. The van der Waals surface area contributed by atoms with Crippen molar-refractivity contribution in [2.24, 2.45) is 0 Å². The second kappa shape index (κ2) is 9.20. The van der Waals surface area contributed by atoms with Gasteiger partial charge < -0.3 is 10.4 Å². The van der Waals surface area contributed by atoms with Crippen LogP contribution in [-0.4, -0.2) is 42.6 Å². The molecule has 0 aliphatic heterocycles. The molecule has 2 aromatic heterocycles. The molecule has 35 heavy (non-hydrogen) atoms. The third-order valence-electron chi connectivity index (χ3n) is 6.64. The maximum atomic E-state index is 13.2. The van der Waals surface area contributed by atoms with Gasteiger partial charge in [0.05, 0.1) is 28.7 Å². The van der Waals surface area contributed by atoms with Gasteiger partial charge >= 0.3 is 0 Å². The van der Waals surface area contributed by atoms with Gasteiger partial charge in [0.2, 0.25) is 0 Å². The smallest absolute Gasteiger partial charge is 0.272 e. The van der Waals surface area contributed by atoms with E-state index >= 15 is 0 Å². The van der Waals surface area contributed by atoms with Gasteiger partial charge in [-0.1, -0.05) is 34.1 Å². The number of aliphatic hydroxyl groups is 1. The number of amides is 1. The monoisotopic (exact) mass is 537 g/mol. The van der Waals surface area contributed by atoms with E-state index in [1.54, 1.807) is 18.5 Å². The lowest BCUT2D eigenvalue weighted by molar-refractivity contribution is 0.0587. The molecule has 1 fully saturated rings. The van der Waals surface area contributed by atoms with Crippen molar-refractivity contribution in [1.29, 1.82) is 0 Å². The van der Waals surface area contributed by atoms with Crippen LogP contribution in [0.15, 0.2) is 51.7 Å². The Labute approximate surface area is 210 Å². The minimum atomic E-state index is -0.965. The van der Waals surface area contributed by atoms with Crippen LogP contribution in [0.25, 0.3) is 21.7 Å². The zero-order chi connectivity index (χ0) is 24.7. The Kier molecular flexibility index (Phi) is 6.23. The van der Waals surface area contributed by atoms with Crippen molar-refractivity contribution >= 4 is 43.5 Å². The zero-order valence-corrected chi connectivity index (χ0v) is 21.3. The number of hydrogen-bond donors (Lipinski definition) is 3. The van der Waals surface area contributed by atoms with Crippen molar-refractivity contribution in [1.82, 2.24) is 25.3 Å². The summed E-state index contributed by atoms with van der Waals surface area (Å²) in [6, 6.07) is 13.3. The highest BCUT2D eigenvalue weighted by molar-refractivity contribution is 9.10. The highest BCUT2D eigenvalue weighted by Gasteiger charge is 2.28. The highest BCUT2D eigenvalue weighted by Crippen LogP contribution is 2.34. The number of nitrogens with one attached hydrogen (secondary N) is 2. The van der Waals surface area contributed by atoms with Gasteiger partial charge in [-0.15, -0.1) is 0 Å². The standard InChI is InChI=1S/C26H28BrN5O3/c1-26(2,35)14-32-21-13-16(27)9-12-20(21)23(31-32)25(34)28-17-10-7-15(8-11-17)22-18-5-3-4-6-19(18)24(33)30-29-22/h3-6,9,12-13,15,17,35H,7-8,10-11,14H2,1-2H3,(H,28,34)(H,30,33). The molecule has 1 aliphatic rings. The van der Waals surface area contributed by atoms with Crippen LogP contribution in [0, 0.1) is 0 Å². The van der Waals surface area contributed by atoms with Crippen LogP contribution in [-0.2, 0) is 6.54 Å². The van der Waals surface area contributed by atoms with Crippen LogP contribution >= 0.6 is 15.9 Å². The summed E-state index contributed by atoms with van der Waals surface area (Å²) in [5.74, 6) is 0.0250. The lowest BCUT2D eigenvalue weighted by Gasteiger charge is -2.29. The van der Waals surface area contributed by atoms with E-state index in [2.05, 4.69) is 36.5 Å². The van der Waals surface area contributed by atoms with Crippen LogP contribution in [0.5, 0.6) is 0 Å². The van der Waals surface area contributed by atoms with Crippen LogP contribution < -0.4 is 10.9 Å². The normalized spacial score (nSPS) is 18.7. The molecule has 0 atom stereocenters. The molecule has 1 aliphatic carbocycles. The Morgan fingerprint density at radius 1 is 1.14 bits per heavy atom. The van der Waals surface area contributed by atoms with Crippen LogP contribution in [0.3, 0.4) is 0 Å². The molecular formula is C26H28BrN5O3. The molecule has 3 N–H and O–H groups in total. The number of nitrogens with zero attached hydrogens (tertiary/aromatic N) is 3. The van der Waals surface area contributed by atoms with Crippen molar-refractivity contribution in [3.8, 4) is 0 Å². The minimum absolute atomic E-state index is 0.0395. The number of hydrogen-bond acceptors (Lipinski definition) is 5. The first-order chi connectivity index (χ1) is 16.7. The number of aromatic amines is 1. The molecule has 4 aromatic rings. The number of H-pyrrole nitrogens is 1. The fourth-order valence-corrected chi connectivity index (χ4v) is 5.36. The first-order valence-corrected chi connectivity index (χ1v) is 12.7. The molecule has 1 saturated carbocycles. The van der Waals surface area contributed by atoms with E-state index in [1.165, 1.54) is 0 Å². The third-order valence-corrected chi connectivity index (χ3v) is 7.13. The van der Waals surface area contributed by atoms with E-state index in [1.807, 2.05) is 42.5 Å². The Morgan fingerprint density at radius 3 is 2.57 bits per heavy atom. The fraction of sp³-hybridized carbons (Fsp3) is 0.385. The molecule has 9 heteroatoms. The van der Waals surface area contributed by atoms with Crippen molar-refractivity contribution in [3.05, 3.63) is 68.7 Å². The maximum absolute atomic E-state index is 13.2. The summed E-state index contributed by atoms with van der Waals surface area (Å²) in [4.78, 5) is 25.4. The molecule has 0 saturated heterocycles. The number of halogens is 1. The van der Waals surface area contributed by atoms with E-state index < -0.39 is 5.60 Å². The number of carbonyl (C=O) groups excluding carboxylic acids is 1. The molecule has 5 rings (SSSR count). The van der Waals surface area contributed by atoms with E-state index in [4.69, 9.17) is 0 Å².